The van der Waals surface area contributed by atoms with Gasteiger partial charge in [0.05, 0.1) is 0 Å². The highest BCUT2D eigenvalue weighted by Crippen LogP contribution is 2.33. The summed E-state index contributed by atoms with van der Waals surface area (Å²) in [6.45, 7) is 1.10. The van der Waals surface area contributed by atoms with E-state index in [1.807, 2.05) is 18.2 Å². The van der Waals surface area contributed by atoms with E-state index in [4.69, 9.17) is 21.1 Å². The summed E-state index contributed by atoms with van der Waals surface area (Å²) >= 11 is 5.82. The number of aromatic nitrogens is 3. The van der Waals surface area contributed by atoms with Crippen LogP contribution in [-0.2, 0) is 0 Å². The van der Waals surface area contributed by atoms with E-state index in [9.17, 15) is 0 Å². The van der Waals surface area contributed by atoms with Crippen molar-refractivity contribution in [3.05, 3.63) is 23.5 Å². The van der Waals surface area contributed by atoms with Crippen LogP contribution >= 0.6 is 11.6 Å². The van der Waals surface area contributed by atoms with Gasteiger partial charge in [-0.15, -0.1) is 0 Å². The van der Waals surface area contributed by atoms with Crippen LogP contribution < -0.4 is 20.1 Å². The van der Waals surface area contributed by atoms with E-state index in [-0.39, 0.29) is 5.28 Å². The Hall–Kier alpha value is -2.28. The van der Waals surface area contributed by atoms with Crippen LogP contribution in [0.1, 0.15) is 0 Å². The van der Waals surface area contributed by atoms with Crippen molar-refractivity contribution in [3.63, 3.8) is 0 Å². The lowest BCUT2D eigenvalue weighted by Gasteiger charge is -2.19. The molecule has 2 heterocycles. The summed E-state index contributed by atoms with van der Waals surface area (Å²) in [4.78, 5) is 12.1. The largest absolute Gasteiger partial charge is 0.486 e. The van der Waals surface area contributed by atoms with E-state index in [1.54, 1.807) is 7.05 Å². The smallest absolute Gasteiger partial charge is 0.233 e. The quantitative estimate of drug-likeness (QED) is 0.896. The minimum Gasteiger partial charge on any atom is -0.486 e. The third-order valence-corrected chi connectivity index (χ3v) is 2.80. The Morgan fingerprint density at radius 3 is 2.60 bits per heavy atom. The summed E-state index contributed by atoms with van der Waals surface area (Å²) in [6.07, 6.45) is 0. The van der Waals surface area contributed by atoms with Gasteiger partial charge in [0.15, 0.2) is 11.5 Å². The standard InChI is InChI=1S/C12H12ClN5O2/c1-14-11-16-10(13)17-12(18-11)15-7-2-3-8-9(6-7)20-5-4-19-8/h2-3,6H,4-5H2,1H3,(H2,14,15,16,17,18). The first-order valence-electron chi connectivity index (χ1n) is 6.00. The van der Waals surface area contributed by atoms with Crippen molar-refractivity contribution in [3.8, 4) is 11.5 Å². The van der Waals surface area contributed by atoms with Gasteiger partial charge in [0.25, 0.3) is 0 Å². The fraction of sp³-hybridized carbons (Fsp3) is 0.250. The number of ether oxygens (including phenoxy) is 2. The van der Waals surface area contributed by atoms with Crippen molar-refractivity contribution in [2.45, 2.75) is 0 Å². The predicted molar refractivity (Wildman–Crippen MR) is 75.1 cm³/mol. The molecule has 1 aromatic carbocycles. The molecule has 0 fully saturated rings. The molecule has 1 aliphatic heterocycles. The summed E-state index contributed by atoms with van der Waals surface area (Å²) in [5.74, 6) is 2.16. The average Bonchev–Trinajstić information content (AvgIpc) is 2.46. The summed E-state index contributed by atoms with van der Waals surface area (Å²) in [7, 11) is 1.71. The molecule has 0 radical (unpaired) electrons. The number of hydrogen-bond donors (Lipinski definition) is 2. The Bertz CT molecular complexity index is 637. The topological polar surface area (TPSA) is 81.2 Å². The molecule has 0 amide bonds. The van der Waals surface area contributed by atoms with Crippen LogP contribution in [0, 0.1) is 0 Å². The summed E-state index contributed by atoms with van der Waals surface area (Å²) in [6, 6.07) is 5.51. The van der Waals surface area contributed by atoms with Crippen LogP contribution in [0.2, 0.25) is 5.28 Å². The Labute approximate surface area is 120 Å². The number of hydrogen-bond acceptors (Lipinski definition) is 7. The third-order valence-electron chi connectivity index (χ3n) is 2.63. The van der Waals surface area contributed by atoms with E-state index < -0.39 is 0 Å². The van der Waals surface area contributed by atoms with Gasteiger partial charge >= 0.3 is 0 Å². The van der Waals surface area contributed by atoms with Gasteiger partial charge in [-0.05, 0) is 23.7 Å². The number of benzene rings is 1. The number of anilines is 3. The van der Waals surface area contributed by atoms with E-state index in [1.165, 1.54) is 0 Å². The first-order valence-corrected chi connectivity index (χ1v) is 6.38. The normalized spacial score (nSPS) is 12.9. The van der Waals surface area contributed by atoms with Gasteiger partial charge < -0.3 is 20.1 Å². The van der Waals surface area contributed by atoms with Gasteiger partial charge in [-0.1, -0.05) is 0 Å². The average molecular weight is 294 g/mol. The lowest BCUT2D eigenvalue weighted by atomic mass is 10.2. The lowest BCUT2D eigenvalue weighted by molar-refractivity contribution is 0.171. The van der Waals surface area contributed by atoms with Crippen LogP contribution in [0.15, 0.2) is 18.2 Å². The Morgan fingerprint density at radius 2 is 1.80 bits per heavy atom. The molecule has 0 spiro atoms. The Balaban J connectivity index is 1.85. The number of halogens is 1. The zero-order valence-corrected chi connectivity index (χ0v) is 11.4. The maximum Gasteiger partial charge on any atom is 0.233 e. The lowest BCUT2D eigenvalue weighted by Crippen LogP contribution is -2.15. The second-order valence-corrected chi connectivity index (χ2v) is 4.32. The maximum atomic E-state index is 5.82. The molecule has 0 unspecified atom stereocenters. The highest BCUT2D eigenvalue weighted by Gasteiger charge is 2.12. The molecule has 1 aliphatic rings. The first-order chi connectivity index (χ1) is 9.74. The molecule has 1 aromatic heterocycles. The van der Waals surface area contributed by atoms with Gasteiger partial charge in [0.2, 0.25) is 17.2 Å². The van der Waals surface area contributed by atoms with Crippen LogP contribution in [0.4, 0.5) is 17.6 Å². The monoisotopic (exact) mass is 293 g/mol. The van der Waals surface area contributed by atoms with Crippen molar-refractivity contribution in [1.29, 1.82) is 0 Å². The Morgan fingerprint density at radius 1 is 1.05 bits per heavy atom. The molecule has 8 heteroatoms. The molecular weight excluding hydrogens is 282 g/mol. The molecule has 2 aromatic rings. The maximum absolute atomic E-state index is 5.82. The molecule has 104 valence electrons. The molecule has 3 rings (SSSR count). The third kappa shape index (κ3) is 2.67. The van der Waals surface area contributed by atoms with E-state index in [0.717, 1.165) is 11.4 Å². The summed E-state index contributed by atoms with van der Waals surface area (Å²) in [5.41, 5.74) is 0.776. The van der Waals surface area contributed by atoms with Gasteiger partial charge in [0.1, 0.15) is 13.2 Å². The number of nitrogens with zero attached hydrogens (tertiary/aromatic N) is 3. The molecule has 0 saturated heterocycles. The van der Waals surface area contributed by atoms with Crippen molar-refractivity contribution >= 4 is 29.2 Å². The fourth-order valence-corrected chi connectivity index (χ4v) is 1.93. The van der Waals surface area contributed by atoms with Gasteiger partial charge in [-0.25, -0.2) is 0 Å². The van der Waals surface area contributed by atoms with Gasteiger partial charge in [-0.2, -0.15) is 15.0 Å². The molecule has 0 atom stereocenters. The van der Waals surface area contributed by atoms with E-state index in [0.29, 0.717) is 30.9 Å². The molecular formula is C12H12ClN5O2. The van der Waals surface area contributed by atoms with Crippen LogP contribution in [0.5, 0.6) is 11.5 Å². The highest BCUT2D eigenvalue weighted by atomic mass is 35.5. The zero-order chi connectivity index (χ0) is 13.9. The van der Waals surface area contributed by atoms with E-state index in [2.05, 4.69) is 25.6 Å². The van der Waals surface area contributed by atoms with Crippen molar-refractivity contribution < 1.29 is 9.47 Å². The Kier molecular flexibility index (Phi) is 3.42. The second-order valence-electron chi connectivity index (χ2n) is 3.99. The summed E-state index contributed by atoms with van der Waals surface area (Å²) < 4.78 is 11.0. The van der Waals surface area contributed by atoms with Crippen LogP contribution in [0.3, 0.4) is 0 Å². The number of rotatable bonds is 3. The fourth-order valence-electron chi connectivity index (χ4n) is 1.77. The van der Waals surface area contributed by atoms with Crippen molar-refractivity contribution in [1.82, 2.24) is 15.0 Å². The molecule has 0 aliphatic carbocycles. The molecule has 2 N–H and O–H groups in total. The first kappa shape index (κ1) is 12.7. The molecule has 0 saturated carbocycles. The molecule has 7 nitrogen and oxygen atoms in total. The minimum atomic E-state index is 0.115. The molecule has 0 bridgehead atoms. The van der Waals surface area contributed by atoms with E-state index >= 15 is 0 Å². The highest BCUT2D eigenvalue weighted by molar-refractivity contribution is 6.28. The van der Waals surface area contributed by atoms with Crippen molar-refractivity contribution in [2.24, 2.45) is 0 Å². The minimum absolute atomic E-state index is 0.115. The van der Waals surface area contributed by atoms with Crippen molar-refractivity contribution in [2.75, 3.05) is 30.9 Å². The number of fused-ring (bicyclic) bond motifs is 1. The van der Waals surface area contributed by atoms with Gasteiger partial charge in [0, 0.05) is 18.8 Å². The second kappa shape index (κ2) is 5.38. The molecule has 20 heavy (non-hydrogen) atoms. The SMILES string of the molecule is CNc1nc(Cl)nc(Nc2ccc3c(c2)OCCO3)n1. The number of nitrogens with one attached hydrogen (secondary N) is 2. The predicted octanol–water partition coefficient (Wildman–Crippen LogP) is 2.08. The van der Waals surface area contributed by atoms with Crippen LogP contribution in [-0.4, -0.2) is 35.2 Å². The zero-order valence-electron chi connectivity index (χ0n) is 10.7. The summed E-state index contributed by atoms with van der Waals surface area (Å²) in [5, 5.41) is 5.98. The van der Waals surface area contributed by atoms with Crippen LogP contribution in [0.25, 0.3) is 0 Å². The van der Waals surface area contributed by atoms with Gasteiger partial charge in [-0.3, -0.25) is 0 Å².